The van der Waals surface area contributed by atoms with E-state index in [9.17, 15) is 0 Å². The van der Waals surface area contributed by atoms with Gasteiger partial charge in [0.2, 0.25) is 0 Å². The molecule has 0 spiro atoms. The molecular formula is C4H5ClN2S. The third-order valence-corrected chi connectivity index (χ3v) is 2.15. The molecule has 2 nitrogen and oxygen atoms in total. The Morgan fingerprint density at radius 3 is 2.50 bits per heavy atom. The molecule has 44 valence electrons. The average molecular weight is 149 g/mol. The van der Waals surface area contributed by atoms with Crippen LogP contribution in [0, 0.1) is 6.92 Å². The first-order valence-corrected chi connectivity index (χ1v) is 3.24. The van der Waals surface area contributed by atoms with E-state index in [-0.39, 0.29) is 0 Å². The van der Waals surface area contributed by atoms with Gasteiger partial charge >= 0.3 is 0 Å². The highest BCUT2D eigenvalue weighted by Crippen LogP contribution is 2.23. The number of nitrogens with two attached hydrogens (primary N) is 1. The number of hydrogen-bond acceptors (Lipinski definition) is 3. The molecule has 0 bridgehead atoms. The van der Waals surface area contributed by atoms with E-state index < -0.39 is 0 Å². The predicted molar refractivity (Wildman–Crippen MR) is 36.3 cm³/mol. The summed E-state index contributed by atoms with van der Waals surface area (Å²) in [6.45, 7) is 1.85. The van der Waals surface area contributed by atoms with Crippen molar-refractivity contribution in [1.82, 2.24) is 4.37 Å². The third-order valence-electron chi connectivity index (χ3n) is 0.903. The molecule has 1 rings (SSSR count). The Hall–Kier alpha value is -0.280. The molecule has 0 saturated carbocycles. The van der Waals surface area contributed by atoms with E-state index in [1.165, 1.54) is 11.5 Å². The lowest BCUT2D eigenvalue weighted by Crippen LogP contribution is -1.79. The number of aromatic nitrogens is 1. The summed E-state index contributed by atoms with van der Waals surface area (Å²) in [7, 11) is 0. The smallest absolute Gasteiger partial charge is 0.147 e. The second kappa shape index (κ2) is 1.91. The van der Waals surface area contributed by atoms with Crippen LogP contribution < -0.4 is 5.73 Å². The number of anilines is 1. The van der Waals surface area contributed by atoms with Crippen molar-refractivity contribution in [2.75, 3.05) is 5.73 Å². The van der Waals surface area contributed by atoms with Crippen molar-refractivity contribution in [3.8, 4) is 0 Å². The molecule has 2 N–H and O–H groups in total. The zero-order valence-electron chi connectivity index (χ0n) is 4.31. The van der Waals surface area contributed by atoms with E-state index in [2.05, 4.69) is 4.37 Å². The van der Waals surface area contributed by atoms with Crippen LogP contribution in [0.3, 0.4) is 0 Å². The largest absolute Gasteiger partial charge is 0.389 e. The molecule has 8 heavy (non-hydrogen) atoms. The SMILES string of the molecule is Cc1c(Cl)nsc1N. The second-order valence-corrected chi connectivity index (χ2v) is 2.63. The minimum Gasteiger partial charge on any atom is -0.389 e. The summed E-state index contributed by atoms with van der Waals surface area (Å²) in [6, 6.07) is 0. The molecule has 0 aliphatic rings. The Balaban J connectivity index is 3.19. The van der Waals surface area contributed by atoms with E-state index in [1.54, 1.807) is 0 Å². The average Bonchev–Trinajstić information content (AvgIpc) is 1.98. The van der Waals surface area contributed by atoms with Gasteiger partial charge in [0.1, 0.15) is 10.2 Å². The molecule has 0 fully saturated rings. The van der Waals surface area contributed by atoms with Crippen LogP contribution in [0.25, 0.3) is 0 Å². The minimum absolute atomic E-state index is 0.521. The van der Waals surface area contributed by atoms with E-state index in [0.29, 0.717) is 10.2 Å². The van der Waals surface area contributed by atoms with E-state index in [0.717, 1.165) is 5.56 Å². The lowest BCUT2D eigenvalue weighted by Gasteiger charge is -1.82. The topological polar surface area (TPSA) is 38.9 Å². The molecule has 1 aromatic rings. The Morgan fingerprint density at radius 2 is 2.38 bits per heavy atom. The molecular weight excluding hydrogens is 144 g/mol. The summed E-state index contributed by atoms with van der Waals surface area (Å²) in [5.41, 5.74) is 6.30. The van der Waals surface area contributed by atoms with Crippen LogP contribution in [0.4, 0.5) is 5.00 Å². The lowest BCUT2D eigenvalue weighted by molar-refractivity contribution is 1.45. The molecule has 1 aromatic heterocycles. The van der Waals surface area contributed by atoms with Crippen LogP contribution in [0.1, 0.15) is 5.56 Å². The van der Waals surface area contributed by atoms with Crippen molar-refractivity contribution in [2.24, 2.45) is 0 Å². The van der Waals surface area contributed by atoms with Crippen LogP contribution in [-0.4, -0.2) is 4.37 Å². The maximum absolute atomic E-state index is 5.55. The van der Waals surface area contributed by atoms with Crippen molar-refractivity contribution >= 4 is 28.1 Å². The summed E-state index contributed by atoms with van der Waals surface area (Å²) >= 11 is 6.78. The maximum Gasteiger partial charge on any atom is 0.147 e. The van der Waals surface area contributed by atoms with Gasteiger partial charge in [-0.2, -0.15) is 4.37 Å². The molecule has 0 radical (unpaired) electrons. The number of halogens is 1. The van der Waals surface area contributed by atoms with Gasteiger partial charge in [0.25, 0.3) is 0 Å². The van der Waals surface area contributed by atoms with Gasteiger partial charge in [-0.05, 0) is 18.5 Å². The first-order valence-electron chi connectivity index (χ1n) is 2.09. The second-order valence-electron chi connectivity index (χ2n) is 1.46. The Morgan fingerprint density at radius 1 is 1.75 bits per heavy atom. The maximum atomic E-state index is 5.55. The van der Waals surface area contributed by atoms with Gasteiger partial charge in [-0.1, -0.05) is 11.6 Å². The first kappa shape index (κ1) is 5.85. The fraction of sp³-hybridized carbons (Fsp3) is 0.250. The van der Waals surface area contributed by atoms with Gasteiger partial charge in [-0.15, -0.1) is 0 Å². The first-order chi connectivity index (χ1) is 3.72. The highest BCUT2D eigenvalue weighted by molar-refractivity contribution is 7.10. The standard InChI is InChI=1S/C4H5ClN2S/c1-2-3(5)7-8-4(2)6/h6H2,1H3. The summed E-state index contributed by atoms with van der Waals surface area (Å²) in [5.74, 6) is 0. The van der Waals surface area contributed by atoms with Crippen LogP contribution in [0.15, 0.2) is 0 Å². The van der Waals surface area contributed by atoms with Crippen LogP contribution in [0.5, 0.6) is 0 Å². The number of rotatable bonds is 0. The molecule has 0 saturated heterocycles. The van der Waals surface area contributed by atoms with Crippen LogP contribution in [-0.2, 0) is 0 Å². The van der Waals surface area contributed by atoms with Gasteiger partial charge in [0.15, 0.2) is 0 Å². The van der Waals surface area contributed by atoms with Crippen molar-refractivity contribution in [1.29, 1.82) is 0 Å². The van der Waals surface area contributed by atoms with E-state index in [1.807, 2.05) is 6.92 Å². The normalized spacial score (nSPS) is 9.75. The molecule has 4 heteroatoms. The summed E-state index contributed by atoms with van der Waals surface area (Å²) < 4.78 is 3.80. The lowest BCUT2D eigenvalue weighted by atomic mass is 10.4. The van der Waals surface area contributed by atoms with E-state index in [4.69, 9.17) is 17.3 Å². The molecule has 0 aliphatic heterocycles. The van der Waals surface area contributed by atoms with Gasteiger partial charge in [-0.3, -0.25) is 0 Å². The fourth-order valence-corrected chi connectivity index (χ4v) is 1.14. The summed E-state index contributed by atoms with van der Waals surface area (Å²) in [6.07, 6.45) is 0. The molecule has 0 amide bonds. The molecule has 1 heterocycles. The molecule has 0 unspecified atom stereocenters. The monoisotopic (exact) mass is 148 g/mol. The van der Waals surface area contributed by atoms with Crippen molar-refractivity contribution < 1.29 is 0 Å². The zero-order valence-corrected chi connectivity index (χ0v) is 5.88. The molecule has 0 atom stereocenters. The quantitative estimate of drug-likeness (QED) is 0.608. The van der Waals surface area contributed by atoms with Gasteiger partial charge in [0.05, 0.1) is 0 Å². The summed E-state index contributed by atoms with van der Waals surface area (Å²) in [4.78, 5) is 0. The number of nitrogens with zero attached hydrogens (tertiary/aromatic N) is 1. The fourth-order valence-electron chi connectivity index (χ4n) is 0.328. The van der Waals surface area contributed by atoms with Crippen molar-refractivity contribution in [3.63, 3.8) is 0 Å². The minimum atomic E-state index is 0.521. The van der Waals surface area contributed by atoms with Crippen LogP contribution >= 0.6 is 23.1 Å². The van der Waals surface area contributed by atoms with E-state index >= 15 is 0 Å². The highest BCUT2D eigenvalue weighted by Gasteiger charge is 2.00. The molecule has 0 aliphatic carbocycles. The Kier molecular flexibility index (Phi) is 1.40. The number of nitrogen functional groups attached to an aromatic ring is 1. The van der Waals surface area contributed by atoms with Crippen molar-refractivity contribution in [2.45, 2.75) is 6.92 Å². The Bertz CT molecular complexity index is 176. The van der Waals surface area contributed by atoms with Gasteiger partial charge < -0.3 is 5.73 Å². The van der Waals surface area contributed by atoms with Gasteiger partial charge in [0, 0.05) is 5.56 Å². The number of hydrogen-bond donors (Lipinski definition) is 1. The van der Waals surface area contributed by atoms with Crippen molar-refractivity contribution in [3.05, 3.63) is 10.7 Å². The zero-order chi connectivity index (χ0) is 6.15. The van der Waals surface area contributed by atoms with Gasteiger partial charge in [-0.25, -0.2) is 0 Å². The predicted octanol–water partition coefficient (Wildman–Crippen LogP) is 1.69. The summed E-state index contributed by atoms with van der Waals surface area (Å²) in [5, 5.41) is 1.22. The molecule has 0 aromatic carbocycles. The third kappa shape index (κ3) is 0.788. The highest BCUT2D eigenvalue weighted by atomic mass is 35.5. The van der Waals surface area contributed by atoms with Crippen LogP contribution in [0.2, 0.25) is 5.15 Å². The Labute approximate surface area is 56.4 Å².